The van der Waals surface area contributed by atoms with Crippen molar-refractivity contribution >= 4 is 11.9 Å². The van der Waals surface area contributed by atoms with E-state index in [0.29, 0.717) is 6.67 Å². The highest BCUT2D eigenvalue weighted by atomic mass is 16.4. The van der Waals surface area contributed by atoms with E-state index in [4.69, 9.17) is 5.11 Å². The predicted octanol–water partition coefficient (Wildman–Crippen LogP) is -1.04. The van der Waals surface area contributed by atoms with Crippen LogP contribution in [-0.2, 0) is 9.59 Å². The highest BCUT2D eigenvalue weighted by molar-refractivity contribution is 5.82. The van der Waals surface area contributed by atoms with Gasteiger partial charge in [-0.25, -0.2) is 4.79 Å². The van der Waals surface area contributed by atoms with Gasteiger partial charge in [-0.1, -0.05) is 0 Å². The molecule has 0 aromatic carbocycles. The van der Waals surface area contributed by atoms with Gasteiger partial charge in [-0.05, 0) is 0 Å². The number of amides is 1. The lowest BCUT2D eigenvalue weighted by Crippen LogP contribution is -2.40. The second kappa shape index (κ2) is 4.50. The molecule has 0 aromatic rings. The highest BCUT2D eigenvalue weighted by Gasteiger charge is 2.20. The van der Waals surface area contributed by atoms with E-state index < -0.39 is 12.0 Å². The van der Waals surface area contributed by atoms with E-state index in [9.17, 15) is 9.59 Å². The molecule has 1 amide bonds. The second-order valence-electron chi connectivity index (χ2n) is 3.02. The van der Waals surface area contributed by atoms with Gasteiger partial charge in [-0.15, -0.1) is 0 Å². The van der Waals surface area contributed by atoms with Gasteiger partial charge in [0.05, 0.1) is 6.67 Å². The molecule has 4 N–H and O–H groups in total. The van der Waals surface area contributed by atoms with Gasteiger partial charge in [0.25, 0.3) is 0 Å². The van der Waals surface area contributed by atoms with Crippen LogP contribution in [0.3, 0.4) is 0 Å². The van der Waals surface area contributed by atoms with E-state index in [2.05, 4.69) is 16.0 Å². The smallest absolute Gasteiger partial charge is 0.326 e. The van der Waals surface area contributed by atoms with Crippen LogP contribution < -0.4 is 16.0 Å². The van der Waals surface area contributed by atoms with Gasteiger partial charge in [0.1, 0.15) is 6.04 Å². The first-order chi connectivity index (χ1) is 6.59. The molecule has 0 saturated heterocycles. The van der Waals surface area contributed by atoms with Crippen LogP contribution in [0.2, 0.25) is 0 Å². The van der Waals surface area contributed by atoms with Crippen LogP contribution >= 0.6 is 0 Å². The third kappa shape index (κ3) is 2.96. The molecule has 78 valence electrons. The Balaban J connectivity index is 2.50. The molecule has 6 nitrogen and oxygen atoms in total. The summed E-state index contributed by atoms with van der Waals surface area (Å²) >= 11 is 0. The molecule has 0 aliphatic carbocycles. The summed E-state index contributed by atoms with van der Waals surface area (Å²) < 4.78 is 0. The van der Waals surface area contributed by atoms with Crippen molar-refractivity contribution in [3.63, 3.8) is 0 Å². The average molecular weight is 199 g/mol. The van der Waals surface area contributed by atoms with E-state index in [1.165, 1.54) is 6.92 Å². The van der Waals surface area contributed by atoms with Crippen molar-refractivity contribution in [1.29, 1.82) is 0 Å². The summed E-state index contributed by atoms with van der Waals surface area (Å²) in [5, 5.41) is 17.0. The summed E-state index contributed by atoms with van der Waals surface area (Å²) in [4.78, 5) is 21.4. The molecule has 0 fully saturated rings. The zero-order chi connectivity index (χ0) is 10.6. The zero-order valence-corrected chi connectivity index (χ0v) is 7.83. The van der Waals surface area contributed by atoms with Gasteiger partial charge in [-0.2, -0.15) is 0 Å². The van der Waals surface area contributed by atoms with E-state index in [-0.39, 0.29) is 12.3 Å². The molecule has 1 heterocycles. The predicted molar refractivity (Wildman–Crippen MR) is 49.1 cm³/mol. The Kier molecular flexibility index (Phi) is 3.33. The maximum atomic E-state index is 10.7. The van der Waals surface area contributed by atoms with Gasteiger partial charge in [-0.3, -0.25) is 4.79 Å². The standard InChI is InChI=1S/C8H13N3O3/c1-5(12)11-7(8(13)14)2-6-3-9-4-10-6/h3,7,9-10H,2,4H2,1H3,(H,11,12)(H,13,14)/t7-/m1/s1. The van der Waals surface area contributed by atoms with Gasteiger partial charge in [0, 0.05) is 25.2 Å². The molecule has 14 heavy (non-hydrogen) atoms. The minimum absolute atomic E-state index is 0.266. The van der Waals surface area contributed by atoms with Crippen molar-refractivity contribution < 1.29 is 14.7 Å². The minimum atomic E-state index is -1.03. The zero-order valence-electron chi connectivity index (χ0n) is 7.83. The van der Waals surface area contributed by atoms with Crippen molar-refractivity contribution in [3.05, 3.63) is 11.9 Å². The van der Waals surface area contributed by atoms with Gasteiger partial charge >= 0.3 is 5.97 Å². The number of rotatable bonds is 4. The Hall–Kier alpha value is -1.72. The summed E-state index contributed by atoms with van der Waals surface area (Å²) in [6.45, 7) is 1.90. The van der Waals surface area contributed by atoms with Gasteiger partial charge in [0.2, 0.25) is 5.91 Å². The molecule has 0 unspecified atom stereocenters. The molecule has 0 spiro atoms. The van der Waals surface area contributed by atoms with Crippen molar-refractivity contribution in [3.8, 4) is 0 Å². The number of carbonyl (C=O) groups is 2. The fraction of sp³-hybridized carbons (Fsp3) is 0.500. The van der Waals surface area contributed by atoms with Crippen LogP contribution in [0.25, 0.3) is 0 Å². The molecule has 1 aliphatic rings. The second-order valence-corrected chi connectivity index (χ2v) is 3.02. The monoisotopic (exact) mass is 199 g/mol. The van der Waals surface area contributed by atoms with Crippen molar-refractivity contribution in [2.45, 2.75) is 19.4 Å². The largest absolute Gasteiger partial charge is 0.480 e. The quantitative estimate of drug-likeness (QED) is 0.464. The van der Waals surface area contributed by atoms with Crippen molar-refractivity contribution in [2.24, 2.45) is 0 Å². The Labute approximate surface area is 81.4 Å². The fourth-order valence-corrected chi connectivity index (χ4v) is 1.19. The Morgan fingerprint density at radius 1 is 1.71 bits per heavy atom. The number of aliphatic carboxylic acids is 1. The van der Waals surface area contributed by atoms with Crippen LogP contribution in [0.1, 0.15) is 13.3 Å². The first-order valence-electron chi connectivity index (χ1n) is 4.26. The molecule has 6 heteroatoms. The summed E-state index contributed by atoms with van der Waals surface area (Å²) in [6, 6.07) is -0.869. The van der Waals surface area contributed by atoms with Crippen LogP contribution in [0.5, 0.6) is 0 Å². The molecule has 0 bridgehead atoms. The number of carbonyl (C=O) groups excluding carboxylic acids is 1. The van der Waals surface area contributed by atoms with Gasteiger partial charge < -0.3 is 21.1 Å². The van der Waals surface area contributed by atoms with Crippen molar-refractivity contribution in [1.82, 2.24) is 16.0 Å². The normalized spacial score (nSPS) is 16.2. The Bertz CT molecular complexity index is 275. The number of hydrogen-bond donors (Lipinski definition) is 4. The van der Waals surface area contributed by atoms with Crippen LogP contribution in [0, 0.1) is 0 Å². The molecule has 0 saturated carbocycles. The van der Waals surface area contributed by atoms with Crippen LogP contribution in [0.4, 0.5) is 0 Å². The average Bonchev–Trinajstić information content (AvgIpc) is 2.54. The Morgan fingerprint density at radius 2 is 2.43 bits per heavy atom. The Morgan fingerprint density at radius 3 is 2.86 bits per heavy atom. The highest BCUT2D eigenvalue weighted by Crippen LogP contribution is 2.04. The SMILES string of the molecule is CC(=O)N[C@H](CC1=CNCN1)C(=O)O. The van der Waals surface area contributed by atoms with Crippen molar-refractivity contribution in [2.75, 3.05) is 6.67 Å². The first-order valence-corrected chi connectivity index (χ1v) is 4.26. The lowest BCUT2D eigenvalue weighted by Gasteiger charge is -2.13. The van der Waals surface area contributed by atoms with E-state index >= 15 is 0 Å². The molecular weight excluding hydrogens is 186 g/mol. The molecule has 1 aliphatic heterocycles. The third-order valence-corrected chi connectivity index (χ3v) is 1.79. The van der Waals surface area contributed by atoms with Crippen LogP contribution in [0.15, 0.2) is 11.9 Å². The number of nitrogens with one attached hydrogen (secondary N) is 3. The number of carboxylic acids is 1. The summed E-state index contributed by atoms with van der Waals surface area (Å²) in [5.74, 6) is -1.38. The fourth-order valence-electron chi connectivity index (χ4n) is 1.19. The third-order valence-electron chi connectivity index (χ3n) is 1.79. The maximum absolute atomic E-state index is 10.7. The lowest BCUT2D eigenvalue weighted by molar-refractivity contribution is -0.141. The molecule has 0 radical (unpaired) electrons. The lowest BCUT2D eigenvalue weighted by atomic mass is 10.1. The van der Waals surface area contributed by atoms with Gasteiger partial charge in [0.15, 0.2) is 0 Å². The van der Waals surface area contributed by atoms with E-state index in [1.54, 1.807) is 6.20 Å². The molecule has 0 aromatic heterocycles. The number of carboxylic acid groups (broad SMARTS) is 1. The maximum Gasteiger partial charge on any atom is 0.326 e. The van der Waals surface area contributed by atoms with E-state index in [0.717, 1.165) is 5.70 Å². The topological polar surface area (TPSA) is 90.5 Å². The summed E-state index contributed by atoms with van der Waals surface area (Å²) in [6.07, 6.45) is 1.97. The molecular formula is C8H13N3O3. The van der Waals surface area contributed by atoms with E-state index in [1.807, 2.05) is 0 Å². The van der Waals surface area contributed by atoms with Crippen LogP contribution in [-0.4, -0.2) is 29.7 Å². The summed E-state index contributed by atoms with van der Waals surface area (Å²) in [7, 11) is 0. The summed E-state index contributed by atoms with van der Waals surface area (Å²) in [5.41, 5.74) is 0.783. The minimum Gasteiger partial charge on any atom is -0.480 e. The first kappa shape index (κ1) is 10.4. The number of hydrogen-bond acceptors (Lipinski definition) is 4. The molecule has 1 atom stereocenters. The molecule has 1 rings (SSSR count).